The summed E-state index contributed by atoms with van der Waals surface area (Å²) < 4.78 is 54.3. The van der Waals surface area contributed by atoms with Crippen LogP contribution in [0.2, 0.25) is 5.02 Å². The molecule has 39 heavy (non-hydrogen) atoms. The Bertz CT molecular complexity index is 1350. The summed E-state index contributed by atoms with van der Waals surface area (Å²) in [7, 11) is 0. The first kappa shape index (κ1) is 27.1. The van der Waals surface area contributed by atoms with Gasteiger partial charge < -0.3 is 29.9 Å². The van der Waals surface area contributed by atoms with Gasteiger partial charge in [0.05, 0.1) is 30.5 Å². The number of alkyl halides is 3. The van der Waals surface area contributed by atoms with Gasteiger partial charge >= 0.3 is 6.18 Å². The third-order valence-corrected chi connectivity index (χ3v) is 7.50. The van der Waals surface area contributed by atoms with Crippen molar-refractivity contribution in [2.75, 3.05) is 63.2 Å². The lowest BCUT2D eigenvalue weighted by Gasteiger charge is -2.39. The Morgan fingerprint density at radius 2 is 1.95 bits per heavy atom. The Morgan fingerprint density at radius 1 is 1.23 bits per heavy atom. The predicted molar refractivity (Wildman–Crippen MR) is 139 cm³/mol. The Labute approximate surface area is 227 Å². The maximum Gasteiger partial charge on any atom is 0.417 e. The highest BCUT2D eigenvalue weighted by atomic mass is 35.5. The van der Waals surface area contributed by atoms with E-state index in [-0.39, 0.29) is 70.3 Å². The number of anilines is 2. The third-order valence-electron chi connectivity index (χ3n) is 7.15. The van der Waals surface area contributed by atoms with Crippen LogP contribution in [0.15, 0.2) is 24.8 Å². The molecule has 0 saturated carbocycles. The lowest BCUT2D eigenvalue weighted by atomic mass is 9.96. The number of nitrogens with two attached hydrogens (primary N) is 1. The fourth-order valence-corrected chi connectivity index (χ4v) is 5.63. The zero-order valence-electron chi connectivity index (χ0n) is 21.2. The van der Waals surface area contributed by atoms with E-state index in [0.29, 0.717) is 32.8 Å². The number of nitrogens with zero attached hydrogens (tertiary/aromatic N) is 4. The summed E-state index contributed by atoms with van der Waals surface area (Å²) in [6, 6.07) is 1.92. The first-order chi connectivity index (χ1) is 18.5. The average molecular weight is 566 g/mol. The number of nitrogen functional groups attached to an aromatic ring is 1. The summed E-state index contributed by atoms with van der Waals surface area (Å²) >= 11 is 6.75. The molecule has 2 aromatic rings. The van der Waals surface area contributed by atoms with Gasteiger partial charge in [0, 0.05) is 44.0 Å². The number of carbonyl (C=O) groups is 2. The van der Waals surface area contributed by atoms with Crippen molar-refractivity contribution < 1.29 is 32.2 Å². The Kier molecular flexibility index (Phi) is 7.10. The third kappa shape index (κ3) is 4.87. The first-order valence-electron chi connectivity index (χ1n) is 12.4. The molecule has 2 fully saturated rings. The monoisotopic (exact) mass is 565 g/mol. The molecule has 9 nitrogen and oxygen atoms in total. The van der Waals surface area contributed by atoms with Crippen molar-refractivity contribution in [1.29, 1.82) is 0 Å². The van der Waals surface area contributed by atoms with Gasteiger partial charge in [-0.15, -0.1) is 0 Å². The number of aryl methyl sites for hydroxylation is 1. The van der Waals surface area contributed by atoms with Crippen LogP contribution in [0, 0.1) is 6.92 Å². The smallest absolute Gasteiger partial charge is 0.417 e. The van der Waals surface area contributed by atoms with Gasteiger partial charge in [-0.2, -0.15) is 13.2 Å². The number of hydrogen-bond acceptors (Lipinski definition) is 7. The molecule has 2 saturated heterocycles. The topological polar surface area (TPSA) is 101 Å². The van der Waals surface area contributed by atoms with Crippen molar-refractivity contribution in [3.8, 4) is 17.0 Å². The van der Waals surface area contributed by atoms with Crippen molar-refractivity contribution in [2.24, 2.45) is 0 Å². The number of halogens is 4. The molecule has 0 aliphatic carbocycles. The van der Waals surface area contributed by atoms with E-state index in [1.165, 1.54) is 25.1 Å². The number of pyridine rings is 1. The van der Waals surface area contributed by atoms with Crippen LogP contribution < -0.4 is 15.4 Å². The minimum Gasteiger partial charge on any atom is -0.489 e. The molecular formula is C26H27ClF3N5O4. The van der Waals surface area contributed by atoms with Crippen LogP contribution >= 0.6 is 11.6 Å². The van der Waals surface area contributed by atoms with Crippen LogP contribution in [0.5, 0.6) is 5.75 Å². The molecule has 1 aromatic carbocycles. The van der Waals surface area contributed by atoms with Gasteiger partial charge in [0.25, 0.3) is 5.91 Å². The van der Waals surface area contributed by atoms with Crippen LogP contribution in [0.3, 0.4) is 0 Å². The van der Waals surface area contributed by atoms with E-state index in [0.717, 1.165) is 0 Å². The van der Waals surface area contributed by atoms with Crippen LogP contribution in [-0.4, -0.2) is 85.2 Å². The SMILES string of the molecule is C=CC(=O)N1CCN2C(=O)c3c(N4CCOCC4)nc(-c4cc(N)cc(C)c4C(F)(F)F)c(Cl)c3OC[C@H]2C1. The molecular weight excluding hydrogens is 539 g/mol. The second-order valence-electron chi connectivity index (χ2n) is 9.61. The number of piperazine rings is 1. The normalized spacial score (nSPS) is 19.7. The number of carbonyl (C=O) groups excluding carboxylic acids is 2. The average Bonchev–Trinajstić information content (AvgIpc) is 3.04. The molecule has 0 unspecified atom stereocenters. The molecule has 4 heterocycles. The minimum atomic E-state index is -4.72. The minimum absolute atomic E-state index is 0.0204. The molecule has 5 rings (SSSR count). The number of benzene rings is 1. The van der Waals surface area contributed by atoms with Crippen molar-refractivity contribution in [3.05, 3.63) is 46.5 Å². The van der Waals surface area contributed by atoms with Crippen LogP contribution in [0.4, 0.5) is 24.7 Å². The maximum atomic E-state index is 14.2. The summed E-state index contributed by atoms with van der Waals surface area (Å²) in [6.45, 7) is 6.98. The lowest BCUT2D eigenvalue weighted by molar-refractivity contribution is -0.137. The fourth-order valence-electron chi connectivity index (χ4n) is 5.34. The van der Waals surface area contributed by atoms with E-state index in [1.54, 1.807) is 14.7 Å². The highest BCUT2D eigenvalue weighted by molar-refractivity contribution is 6.35. The zero-order valence-corrected chi connectivity index (χ0v) is 21.9. The van der Waals surface area contributed by atoms with Crippen molar-refractivity contribution in [2.45, 2.75) is 19.1 Å². The summed E-state index contributed by atoms with van der Waals surface area (Å²) in [4.78, 5) is 35.8. The van der Waals surface area contributed by atoms with E-state index < -0.39 is 23.7 Å². The number of fused-ring (bicyclic) bond motifs is 2. The molecule has 2 N–H and O–H groups in total. The number of morpholine rings is 1. The van der Waals surface area contributed by atoms with Gasteiger partial charge in [0.1, 0.15) is 23.0 Å². The Hall–Kier alpha value is -3.51. The number of aromatic nitrogens is 1. The fraction of sp³-hybridized carbons (Fsp3) is 0.423. The summed E-state index contributed by atoms with van der Waals surface area (Å²) in [5.41, 5.74) is 4.65. The number of amides is 2. The highest BCUT2D eigenvalue weighted by Crippen LogP contribution is 2.47. The molecule has 1 atom stereocenters. The molecule has 3 aliphatic heterocycles. The number of rotatable bonds is 3. The van der Waals surface area contributed by atoms with Gasteiger partial charge in [0.2, 0.25) is 5.91 Å². The summed E-state index contributed by atoms with van der Waals surface area (Å²) in [5.74, 6) is -0.564. The van der Waals surface area contributed by atoms with Gasteiger partial charge in [-0.1, -0.05) is 18.2 Å². The zero-order chi connectivity index (χ0) is 28.1. The maximum absolute atomic E-state index is 14.2. The van der Waals surface area contributed by atoms with E-state index in [2.05, 4.69) is 11.6 Å². The van der Waals surface area contributed by atoms with E-state index in [9.17, 15) is 22.8 Å². The van der Waals surface area contributed by atoms with E-state index >= 15 is 0 Å². The van der Waals surface area contributed by atoms with E-state index in [1.807, 2.05) is 0 Å². The number of hydrogen-bond donors (Lipinski definition) is 1. The Balaban J connectivity index is 1.70. The Morgan fingerprint density at radius 3 is 2.62 bits per heavy atom. The summed E-state index contributed by atoms with van der Waals surface area (Å²) in [5, 5.41) is -0.218. The molecule has 0 radical (unpaired) electrons. The molecule has 0 bridgehead atoms. The standard InChI is InChI=1S/C26H27ClF3N5O4/c1-3-18(36)34-4-5-35-16(12-34)13-39-23-19(25(35)37)24(33-6-8-38-9-7-33)32-22(21(23)27)17-11-15(31)10-14(2)20(17)26(28,29)30/h3,10-11,16H,1,4-9,12-13,31H2,2H3/t16-/m1/s1. The first-order valence-corrected chi connectivity index (χ1v) is 12.8. The van der Waals surface area contributed by atoms with Crippen molar-refractivity contribution in [3.63, 3.8) is 0 Å². The molecule has 2 amide bonds. The molecule has 1 aromatic heterocycles. The summed E-state index contributed by atoms with van der Waals surface area (Å²) in [6.07, 6.45) is -3.51. The molecule has 3 aliphatic rings. The predicted octanol–water partition coefficient (Wildman–Crippen LogP) is 3.38. The van der Waals surface area contributed by atoms with Gasteiger partial charge in [-0.25, -0.2) is 4.98 Å². The highest BCUT2D eigenvalue weighted by Gasteiger charge is 2.42. The van der Waals surface area contributed by atoms with Crippen LogP contribution in [-0.2, 0) is 15.7 Å². The quantitative estimate of drug-likeness (QED) is 0.450. The molecule has 0 spiro atoms. The molecule has 13 heteroatoms. The van der Waals surface area contributed by atoms with E-state index in [4.69, 9.17) is 26.8 Å². The second-order valence-corrected chi connectivity index (χ2v) is 9.99. The van der Waals surface area contributed by atoms with Crippen molar-refractivity contribution >= 4 is 34.9 Å². The largest absolute Gasteiger partial charge is 0.489 e. The van der Waals surface area contributed by atoms with Crippen LogP contribution in [0.1, 0.15) is 21.5 Å². The van der Waals surface area contributed by atoms with Gasteiger partial charge in [-0.05, 0) is 30.7 Å². The molecule has 208 valence electrons. The van der Waals surface area contributed by atoms with Crippen molar-refractivity contribution in [1.82, 2.24) is 14.8 Å². The van der Waals surface area contributed by atoms with Gasteiger partial charge in [0.15, 0.2) is 5.75 Å². The second kappa shape index (κ2) is 10.2. The van der Waals surface area contributed by atoms with Crippen LogP contribution in [0.25, 0.3) is 11.3 Å². The van der Waals surface area contributed by atoms with Gasteiger partial charge in [-0.3, -0.25) is 9.59 Å². The lowest BCUT2D eigenvalue weighted by Crippen LogP contribution is -2.57. The number of ether oxygens (including phenoxy) is 2.